The standard InChI is InChI=1S/C26H27N5O/c32-25(21-9-23(16-27-14-21)31-5-1-2-6-31)29-13-18-3-4-20-8-22(30-24(20)7-18)15-28-17-26-10-19(11-26)12-26/h1-9,14,16,19,28,30H,10-13,15,17H2,(H,29,32). The number of nitrogens with zero attached hydrogens (tertiary/aromatic N) is 2. The number of aromatic amines is 1. The predicted molar refractivity (Wildman–Crippen MR) is 125 cm³/mol. The largest absolute Gasteiger partial charge is 0.357 e. The van der Waals surface area contributed by atoms with Crippen LogP contribution in [0.25, 0.3) is 16.6 Å². The molecule has 0 spiro atoms. The Hall–Kier alpha value is -3.38. The molecule has 3 aliphatic carbocycles. The van der Waals surface area contributed by atoms with E-state index in [0.29, 0.717) is 17.5 Å². The van der Waals surface area contributed by atoms with E-state index in [1.54, 1.807) is 12.4 Å². The van der Waals surface area contributed by atoms with Gasteiger partial charge in [0.05, 0.1) is 17.4 Å². The number of carbonyl (C=O) groups excluding carboxylic acids is 1. The van der Waals surface area contributed by atoms with E-state index < -0.39 is 0 Å². The number of carbonyl (C=O) groups is 1. The smallest absolute Gasteiger partial charge is 0.253 e. The molecule has 0 unspecified atom stereocenters. The van der Waals surface area contributed by atoms with Crippen molar-refractivity contribution in [1.29, 1.82) is 0 Å². The Morgan fingerprint density at radius 3 is 2.72 bits per heavy atom. The Morgan fingerprint density at radius 2 is 1.94 bits per heavy atom. The molecule has 6 heteroatoms. The molecule has 0 saturated heterocycles. The summed E-state index contributed by atoms with van der Waals surface area (Å²) in [5.74, 6) is 0.903. The first-order chi connectivity index (χ1) is 15.7. The van der Waals surface area contributed by atoms with Crippen LogP contribution in [0, 0.1) is 11.3 Å². The Balaban J connectivity index is 1.07. The summed E-state index contributed by atoms with van der Waals surface area (Å²) in [6.07, 6.45) is 11.5. The highest BCUT2D eigenvalue weighted by atomic mass is 16.1. The van der Waals surface area contributed by atoms with Crippen molar-refractivity contribution in [2.75, 3.05) is 6.54 Å². The van der Waals surface area contributed by atoms with Gasteiger partial charge in [0.15, 0.2) is 0 Å². The van der Waals surface area contributed by atoms with E-state index in [2.05, 4.69) is 44.9 Å². The molecule has 0 aliphatic heterocycles. The maximum Gasteiger partial charge on any atom is 0.253 e. The number of benzene rings is 1. The van der Waals surface area contributed by atoms with Crippen LogP contribution in [0.5, 0.6) is 0 Å². The van der Waals surface area contributed by atoms with Gasteiger partial charge in [0.25, 0.3) is 5.91 Å². The molecule has 1 amide bonds. The van der Waals surface area contributed by atoms with Gasteiger partial charge in [-0.05, 0) is 71.9 Å². The molecule has 3 aromatic heterocycles. The number of nitrogens with one attached hydrogen (secondary N) is 3. The van der Waals surface area contributed by atoms with E-state index in [4.69, 9.17) is 0 Å². The summed E-state index contributed by atoms with van der Waals surface area (Å²) in [7, 11) is 0. The van der Waals surface area contributed by atoms with Crippen molar-refractivity contribution in [2.45, 2.75) is 32.4 Å². The van der Waals surface area contributed by atoms with Crippen LogP contribution in [0.2, 0.25) is 0 Å². The second-order valence-corrected chi connectivity index (χ2v) is 9.50. The third kappa shape index (κ3) is 3.60. The van der Waals surface area contributed by atoms with Crippen LogP contribution in [0.15, 0.2) is 67.3 Å². The zero-order valence-corrected chi connectivity index (χ0v) is 18.0. The second-order valence-electron chi connectivity index (χ2n) is 9.50. The van der Waals surface area contributed by atoms with Crippen LogP contribution >= 0.6 is 0 Å². The Bertz CT molecular complexity index is 1260. The first-order valence-corrected chi connectivity index (χ1v) is 11.3. The fraction of sp³-hybridized carbons (Fsp3) is 0.308. The number of amides is 1. The summed E-state index contributed by atoms with van der Waals surface area (Å²) >= 11 is 0. The van der Waals surface area contributed by atoms with E-state index >= 15 is 0 Å². The van der Waals surface area contributed by atoms with Crippen molar-refractivity contribution in [1.82, 2.24) is 25.2 Å². The SMILES string of the molecule is O=C(NCc1ccc2cc(CNCC34CC(C3)C4)[nH]c2c1)c1cncc(-n2cccc2)c1. The van der Waals surface area contributed by atoms with Crippen molar-refractivity contribution >= 4 is 16.8 Å². The van der Waals surface area contributed by atoms with Crippen molar-refractivity contribution < 1.29 is 4.79 Å². The Morgan fingerprint density at radius 1 is 1.09 bits per heavy atom. The molecule has 32 heavy (non-hydrogen) atoms. The number of rotatable bonds is 8. The van der Waals surface area contributed by atoms with E-state index in [0.717, 1.165) is 35.8 Å². The number of H-pyrrole nitrogens is 1. The van der Waals surface area contributed by atoms with Gasteiger partial charge in [-0.3, -0.25) is 9.78 Å². The van der Waals surface area contributed by atoms with Crippen LogP contribution in [0.1, 0.15) is 40.9 Å². The molecule has 162 valence electrons. The molecule has 1 aromatic carbocycles. The Kier molecular flexibility index (Phi) is 4.61. The van der Waals surface area contributed by atoms with Crippen LogP contribution in [0.3, 0.4) is 0 Å². The van der Waals surface area contributed by atoms with E-state index in [1.807, 2.05) is 35.2 Å². The van der Waals surface area contributed by atoms with Gasteiger partial charge >= 0.3 is 0 Å². The molecule has 4 aromatic rings. The lowest BCUT2D eigenvalue weighted by atomic mass is 9.44. The van der Waals surface area contributed by atoms with E-state index in [1.165, 1.54) is 30.3 Å². The van der Waals surface area contributed by atoms with Crippen molar-refractivity contribution in [3.63, 3.8) is 0 Å². The van der Waals surface area contributed by atoms with Crippen LogP contribution < -0.4 is 10.6 Å². The second kappa shape index (κ2) is 7.64. The van der Waals surface area contributed by atoms with Crippen molar-refractivity contribution in [3.8, 4) is 5.69 Å². The van der Waals surface area contributed by atoms with Gasteiger partial charge in [-0.25, -0.2) is 0 Å². The molecule has 7 rings (SSSR count). The van der Waals surface area contributed by atoms with Gasteiger partial charge in [-0.2, -0.15) is 0 Å². The summed E-state index contributed by atoms with van der Waals surface area (Å²) in [6, 6.07) is 14.3. The molecule has 2 bridgehead atoms. The van der Waals surface area contributed by atoms with Crippen molar-refractivity contribution in [3.05, 3.63) is 84.1 Å². The number of hydrogen-bond donors (Lipinski definition) is 3. The highest BCUT2D eigenvalue weighted by molar-refractivity contribution is 5.94. The maximum absolute atomic E-state index is 12.7. The van der Waals surface area contributed by atoms with Gasteiger partial charge in [0, 0.05) is 49.4 Å². The first-order valence-electron chi connectivity index (χ1n) is 11.3. The average molecular weight is 426 g/mol. The molecule has 3 saturated carbocycles. The number of fused-ring (bicyclic) bond motifs is 1. The lowest BCUT2D eigenvalue weighted by molar-refractivity contribution is -0.103. The van der Waals surface area contributed by atoms with Crippen LogP contribution in [-0.4, -0.2) is 27.0 Å². The van der Waals surface area contributed by atoms with E-state index in [9.17, 15) is 4.79 Å². The quantitative estimate of drug-likeness (QED) is 0.397. The minimum atomic E-state index is -0.128. The molecule has 6 nitrogen and oxygen atoms in total. The molecule has 3 N–H and O–H groups in total. The molecular weight excluding hydrogens is 398 g/mol. The summed E-state index contributed by atoms with van der Waals surface area (Å²) < 4.78 is 1.93. The monoisotopic (exact) mass is 425 g/mol. The van der Waals surface area contributed by atoms with Gasteiger partial charge < -0.3 is 20.2 Å². The number of pyridine rings is 1. The molecule has 3 fully saturated rings. The van der Waals surface area contributed by atoms with Crippen molar-refractivity contribution in [2.24, 2.45) is 11.3 Å². The molecule has 0 atom stereocenters. The minimum absolute atomic E-state index is 0.128. The first kappa shape index (κ1) is 19.3. The van der Waals surface area contributed by atoms with Gasteiger partial charge in [0.2, 0.25) is 0 Å². The fourth-order valence-electron chi connectivity index (χ4n) is 5.26. The third-order valence-corrected chi connectivity index (χ3v) is 7.06. The minimum Gasteiger partial charge on any atom is -0.357 e. The van der Waals surface area contributed by atoms with Gasteiger partial charge in [0.1, 0.15) is 0 Å². The lowest BCUT2D eigenvalue weighted by Gasteiger charge is -2.62. The predicted octanol–water partition coefficient (Wildman–Crippen LogP) is 4.17. The molecule has 3 aliphatic rings. The third-order valence-electron chi connectivity index (χ3n) is 7.06. The molecular formula is C26H27N5O. The summed E-state index contributed by atoms with van der Waals surface area (Å²) in [5.41, 5.74) is 5.42. The molecule has 0 radical (unpaired) electrons. The highest BCUT2D eigenvalue weighted by Gasteiger charge is 2.55. The van der Waals surface area contributed by atoms with Gasteiger partial charge in [-0.1, -0.05) is 12.1 Å². The van der Waals surface area contributed by atoms with Crippen LogP contribution in [-0.2, 0) is 13.1 Å². The zero-order valence-electron chi connectivity index (χ0n) is 18.0. The topological polar surface area (TPSA) is 74.7 Å². The Labute approximate surface area is 187 Å². The average Bonchev–Trinajstić information content (AvgIpc) is 3.42. The summed E-state index contributed by atoms with van der Waals surface area (Å²) in [6.45, 7) is 2.48. The maximum atomic E-state index is 12.7. The fourth-order valence-corrected chi connectivity index (χ4v) is 5.26. The summed E-state index contributed by atoms with van der Waals surface area (Å²) in [4.78, 5) is 20.4. The lowest BCUT2D eigenvalue weighted by Crippen LogP contribution is -2.56. The number of aromatic nitrogens is 3. The van der Waals surface area contributed by atoms with Crippen LogP contribution in [0.4, 0.5) is 0 Å². The van der Waals surface area contributed by atoms with Gasteiger partial charge in [-0.15, -0.1) is 0 Å². The normalized spacial score (nSPS) is 21.2. The zero-order chi connectivity index (χ0) is 21.5. The summed E-state index contributed by atoms with van der Waals surface area (Å²) in [5, 5.41) is 7.85. The number of hydrogen-bond acceptors (Lipinski definition) is 3. The molecule has 3 heterocycles. The van der Waals surface area contributed by atoms with E-state index in [-0.39, 0.29) is 5.91 Å². The highest BCUT2D eigenvalue weighted by Crippen LogP contribution is 2.63.